The monoisotopic (exact) mass is 693 g/mol. The zero-order chi connectivity index (χ0) is 29.4. The van der Waals surface area contributed by atoms with Crippen molar-refractivity contribution in [3.63, 3.8) is 0 Å². The van der Waals surface area contributed by atoms with Crippen molar-refractivity contribution in [2.75, 3.05) is 0 Å². The van der Waals surface area contributed by atoms with Gasteiger partial charge in [0.15, 0.2) is 0 Å². The molecule has 6 aliphatic carbocycles. The van der Waals surface area contributed by atoms with Gasteiger partial charge in [0.05, 0.1) is 0 Å². The Kier molecular flexibility index (Phi) is 9.18. The summed E-state index contributed by atoms with van der Waals surface area (Å²) in [5, 5.41) is 0. The van der Waals surface area contributed by atoms with Gasteiger partial charge in [0.1, 0.15) is 0 Å². The SMILES string of the molecule is CCC1C=C(C(C)(C)C)C=C1C1=C(C)C2(C)C(C=C1)[CH-]C1(C)C3(C)C=CC=CC3(C)C3(C)C=CC=CC3(C)C21C.[Cl-].[Cl-].[Zr+3]. The van der Waals surface area contributed by atoms with Crippen LogP contribution in [0.2, 0.25) is 0 Å². The first-order valence-electron chi connectivity index (χ1n) is 15.9. The van der Waals surface area contributed by atoms with Crippen molar-refractivity contribution in [2.24, 2.45) is 55.2 Å². The van der Waals surface area contributed by atoms with Crippen LogP contribution in [0.25, 0.3) is 0 Å². The minimum atomic E-state index is -0.0616. The van der Waals surface area contributed by atoms with Crippen molar-refractivity contribution in [1.82, 2.24) is 0 Å². The zero-order valence-electron chi connectivity index (χ0n) is 28.6. The Balaban J connectivity index is 0.00000169. The Bertz CT molecular complexity index is 1430. The summed E-state index contributed by atoms with van der Waals surface area (Å²) in [6.07, 6.45) is 33.8. The Labute approximate surface area is 295 Å². The molecule has 0 spiro atoms. The van der Waals surface area contributed by atoms with Gasteiger partial charge in [-0.05, 0) is 57.1 Å². The quantitative estimate of drug-likeness (QED) is 0.359. The van der Waals surface area contributed by atoms with Crippen LogP contribution in [0.15, 0.2) is 95.2 Å². The number of hydrogen-bond acceptors (Lipinski definition) is 0. The second kappa shape index (κ2) is 10.7. The molecule has 231 valence electrons. The maximum Gasteiger partial charge on any atom is 3.00 e. The minimum absolute atomic E-state index is 0. The molecular weight excluding hydrogens is 643 g/mol. The Hall–Kier alpha value is -0.617. The molecule has 0 N–H and O–H groups in total. The van der Waals surface area contributed by atoms with Crippen LogP contribution in [0, 0.1) is 61.6 Å². The molecule has 0 bridgehead atoms. The van der Waals surface area contributed by atoms with Crippen LogP contribution in [-0.2, 0) is 26.2 Å². The smallest absolute Gasteiger partial charge is 1.00 e. The normalized spacial score (nSPS) is 46.9. The van der Waals surface area contributed by atoms with Crippen LogP contribution in [0.4, 0.5) is 0 Å². The summed E-state index contributed by atoms with van der Waals surface area (Å²) >= 11 is 0. The largest absolute Gasteiger partial charge is 3.00 e. The van der Waals surface area contributed by atoms with Gasteiger partial charge in [-0.25, -0.2) is 0 Å². The van der Waals surface area contributed by atoms with E-state index < -0.39 is 0 Å². The second-order valence-corrected chi connectivity index (χ2v) is 16.4. The van der Waals surface area contributed by atoms with Crippen LogP contribution < -0.4 is 24.8 Å². The summed E-state index contributed by atoms with van der Waals surface area (Å²) in [6.45, 7) is 30.2. The Morgan fingerprint density at radius 3 is 1.77 bits per heavy atom. The molecule has 0 aromatic rings. The zero-order valence-corrected chi connectivity index (χ0v) is 32.6. The van der Waals surface area contributed by atoms with E-state index in [-0.39, 0.29) is 94.3 Å². The summed E-state index contributed by atoms with van der Waals surface area (Å²) in [5.41, 5.74) is 5.99. The third kappa shape index (κ3) is 3.78. The van der Waals surface area contributed by atoms with Gasteiger partial charge < -0.3 is 31.2 Å². The number of allylic oxidation sites excluding steroid dienone is 16. The van der Waals surface area contributed by atoms with Crippen LogP contribution in [0.1, 0.15) is 89.5 Å². The predicted octanol–water partition coefficient (Wildman–Crippen LogP) is 4.96. The van der Waals surface area contributed by atoms with E-state index in [1.165, 1.54) is 16.7 Å². The first-order chi connectivity index (χ1) is 18.4. The summed E-state index contributed by atoms with van der Waals surface area (Å²) < 4.78 is 0. The number of fused-ring (bicyclic) bond motifs is 8. The average molecular weight is 696 g/mol. The van der Waals surface area contributed by atoms with Crippen molar-refractivity contribution in [3.8, 4) is 0 Å². The third-order valence-electron chi connectivity index (χ3n) is 14.9. The van der Waals surface area contributed by atoms with Crippen molar-refractivity contribution < 1.29 is 51.0 Å². The van der Waals surface area contributed by atoms with Gasteiger partial charge in [-0.1, -0.05) is 149 Å². The van der Waals surface area contributed by atoms with E-state index in [2.05, 4.69) is 162 Å². The third-order valence-corrected chi connectivity index (χ3v) is 14.9. The molecule has 0 saturated heterocycles. The predicted molar refractivity (Wildman–Crippen MR) is 172 cm³/mol. The van der Waals surface area contributed by atoms with Crippen molar-refractivity contribution >= 4 is 0 Å². The fraction of sp³-hybridized carbons (Fsp3) is 0.575. The molecule has 0 nitrogen and oxygen atoms in total. The molecular formula is C40H53Cl2Zr. The molecule has 6 rings (SSSR count). The maximum atomic E-state index is 2.81. The van der Waals surface area contributed by atoms with E-state index in [9.17, 15) is 0 Å². The van der Waals surface area contributed by atoms with E-state index in [1.54, 1.807) is 5.57 Å². The fourth-order valence-corrected chi connectivity index (χ4v) is 11.3. The summed E-state index contributed by atoms with van der Waals surface area (Å²) in [7, 11) is 0. The molecule has 0 heterocycles. The molecule has 9 unspecified atom stereocenters. The van der Waals surface area contributed by atoms with Crippen LogP contribution in [0.3, 0.4) is 0 Å². The van der Waals surface area contributed by atoms with Crippen molar-refractivity contribution in [2.45, 2.75) is 89.5 Å². The van der Waals surface area contributed by atoms with E-state index in [0.29, 0.717) is 11.8 Å². The van der Waals surface area contributed by atoms with Gasteiger partial charge in [0.25, 0.3) is 0 Å². The van der Waals surface area contributed by atoms with Gasteiger partial charge in [0.2, 0.25) is 0 Å². The van der Waals surface area contributed by atoms with E-state index in [4.69, 9.17) is 0 Å². The Morgan fingerprint density at radius 2 is 1.26 bits per heavy atom. The van der Waals surface area contributed by atoms with Gasteiger partial charge >= 0.3 is 26.2 Å². The standard InChI is InChI=1S/C40H53.2ClH.Zr/c1-13-28-24-30(33(3,4)5)25-32(28)31-19-18-29-26-38(10)36(8)22-15-14-20-34(36,6)35(7)21-16-17-23-37(35,9)40(38,12)39(29,11)27(31)2;;;/h14-26,28-29H,13H2,1-12H3;2*1H;/q-1;;;+3/p-2. The molecule has 0 aromatic heterocycles. The topological polar surface area (TPSA) is 0 Å². The van der Waals surface area contributed by atoms with Gasteiger partial charge in [-0.15, -0.1) is 17.4 Å². The van der Waals surface area contributed by atoms with E-state index >= 15 is 0 Å². The molecule has 9 atom stereocenters. The van der Waals surface area contributed by atoms with E-state index in [1.807, 2.05) is 0 Å². The molecule has 6 aliphatic rings. The molecule has 0 aliphatic heterocycles. The first kappa shape index (κ1) is 36.8. The molecule has 3 heteroatoms. The van der Waals surface area contributed by atoms with Crippen molar-refractivity contribution in [1.29, 1.82) is 0 Å². The van der Waals surface area contributed by atoms with Crippen LogP contribution >= 0.6 is 0 Å². The Morgan fingerprint density at radius 1 is 0.767 bits per heavy atom. The van der Waals surface area contributed by atoms with Gasteiger partial charge in [0, 0.05) is 16.7 Å². The molecule has 2 fully saturated rings. The maximum absolute atomic E-state index is 2.81. The van der Waals surface area contributed by atoms with Gasteiger partial charge in [-0.3, -0.25) is 0 Å². The second-order valence-electron chi connectivity index (χ2n) is 16.4. The van der Waals surface area contributed by atoms with Crippen LogP contribution in [-0.4, -0.2) is 0 Å². The number of rotatable bonds is 2. The molecule has 2 saturated carbocycles. The first-order valence-corrected chi connectivity index (χ1v) is 15.9. The summed E-state index contributed by atoms with van der Waals surface area (Å²) in [4.78, 5) is 0. The summed E-state index contributed by atoms with van der Waals surface area (Å²) in [5.74, 6) is 0.882. The van der Waals surface area contributed by atoms with Crippen LogP contribution in [0.5, 0.6) is 0 Å². The molecule has 1 radical (unpaired) electrons. The minimum Gasteiger partial charge on any atom is -1.00 e. The van der Waals surface area contributed by atoms with E-state index in [0.717, 1.165) is 6.42 Å². The van der Waals surface area contributed by atoms with Crippen molar-refractivity contribution in [3.05, 3.63) is 102 Å². The van der Waals surface area contributed by atoms with Gasteiger partial charge in [-0.2, -0.15) is 0 Å². The number of hydrogen-bond donors (Lipinski definition) is 0. The summed E-state index contributed by atoms with van der Waals surface area (Å²) in [6, 6.07) is 0. The number of halogens is 2. The molecule has 0 aromatic carbocycles. The fourth-order valence-electron chi connectivity index (χ4n) is 11.3. The molecule has 43 heavy (non-hydrogen) atoms. The molecule has 0 amide bonds. The average Bonchev–Trinajstić information content (AvgIpc) is 3.41.